The van der Waals surface area contributed by atoms with Crippen molar-refractivity contribution in [3.63, 3.8) is 0 Å². The molecule has 4 aliphatic carbocycles. The molecule has 242 valence electrons. The van der Waals surface area contributed by atoms with Gasteiger partial charge in [0.2, 0.25) is 0 Å². The Kier molecular flexibility index (Phi) is 9.06. The molecule has 4 fully saturated rings. The van der Waals surface area contributed by atoms with Crippen LogP contribution in [0.3, 0.4) is 0 Å². The van der Waals surface area contributed by atoms with Crippen molar-refractivity contribution in [1.82, 2.24) is 0 Å². The number of carbonyl (C=O) groups is 1. The smallest absolute Gasteiger partial charge is 0.331 e. The standard InChI is InChI=1S/C39H55ClO4/c1-22(2)28(26-10-12-27(40)13-11-26)14-15-29(36(42)43)34-31-20-32(41)35-37(7)18-16-24(5)25(6)30(37)17-19-38(35,8)39(31,9)21-33(34)44-23(3)4/h10-13,24-25,30-33,35,41H,3,14-21H2,1-2,4-9H3,(H,42,43)/b34-29+/t24-,25+,30+,31+,32-,33?,35+,37+,38+,39+/m1/s1. The van der Waals surface area contributed by atoms with E-state index in [1.807, 2.05) is 31.2 Å². The normalized spacial score (nSPS) is 40.7. The van der Waals surface area contributed by atoms with Gasteiger partial charge in [-0.3, -0.25) is 0 Å². The molecule has 0 amide bonds. The van der Waals surface area contributed by atoms with Crippen molar-refractivity contribution in [3.05, 3.63) is 63.9 Å². The highest BCUT2D eigenvalue weighted by Crippen LogP contribution is 2.74. The van der Waals surface area contributed by atoms with Gasteiger partial charge in [0.25, 0.3) is 0 Å². The van der Waals surface area contributed by atoms with Gasteiger partial charge in [-0.25, -0.2) is 4.79 Å². The van der Waals surface area contributed by atoms with Gasteiger partial charge in [-0.15, -0.1) is 0 Å². The predicted molar refractivity (Wildman–Crippen MR) is 180 cm³/mol. The largest absolute Gasteiger partial charge is 0.491 e. The summed E-state index contributed by atoms with van der Waals surface area (Å²) in [7, 11) is 0. The summed E-state index contributed by atoms with van der Waals surface area (Å²) in [5.41, 5.74) is 4.48. The molecular formula is C39H55ClO4. The molecule has 0 spiro atoms. The molecule has 0 heterocycles. The minimum absolute atomic E-state index is 0.0556. The third-order valence-electron chi connectivity index (χ3n) is 13.5. The Morgan fingerprint density at radius 1 is 1.02 bits per heavy atom. The Bertz CT molecular complexity index is 1350. The second-order valence-electron chi connectivity index (χ2n) is 15.9. The molecule has 0 bridgehead atoms. The van der Waals surface area contributed by atoms with Crippen LogP contribution >= 0.6 is 11.6 Å². The first-order chi connectivity index (χ1) is 20.5. The summed E-state index contributed by atoms with van der Waals surface area (Å²) < 4.78 is 6.46. The first kappa shape index (κ1) is 33.3. The maximum atomic E-state index is 13.2. The van der Waals surface area contributed by atoms with Gasteiger partial charge in [0.05, 0.1) is 11.9 Å². The summed E-state index contributed by atoms with van der Waals surface area (Å²) in [6.45, 7) is 22.2. The number of allylic oxidation sites excluding steroid dienone is 3. The Morgan fingerprint density at radius 3 is 2.27 bits per heavy atom. The van der Waals surface area contributed by atoms with E-state index in [2.05, 4.69) is 55.0 Å². The van der Waals surface area contributed by atoms with Crippen LogP contribution in [0.1, 0.15) is 112 Å². The van der Waals surface area contributed by atoms with Crippen LogP contribution in [0.4, 0.5) is 0 Å². The zero-order chi connectivity index (χ0) is 32.4. The van der Waals surface area contributed by atoms with Crippen molar-refractivity contribution in [2.75, 3.05) is 0 Å². The number of aliphatic hydroxyl groups is 1. The highest BCUT2D eigenvalue weighted by molar-refractivity contribution is 6.30. The monoisotopic (exact) mass is 622 g/mol. The van der Waals surface area contributed by atoms with Crippen LogP contribution in [0.25, 0.3) is 5.57 Å². The molecule has 0 radical (unpaired) electrons. The summed E-state index contributed by atoms with van der Waals surface area (Å²) in [5.74, 6) is 1.84. The van der Waals surface area contributed by atoms with Gasteiger partial charge in [0.15, 0.2) is 0 Å². The molecule has 0 aliphatic heterocycles. The Morgan fingerprint density at radius 2 is 1.68 bits per heavy atom. The van der Waals surface area contributed by atoms with Crippen molar-refractivity contribution in [1.29, 1.82) is 0 Å². The summed E-state index contributed by atoms with van der Waals surface area (Å²) in [4.78, 5) is 13.2. The number of hydrogen-bond acceptors (Lipinski definition) is 3. The lowest BCUT2D eigenvalue weighted by Crippen LogP contribution is -2.65. The van der Waals surface area contributed by atoms with Gasteiger partial charge in [0, 0.05) is 10.6 Å². The minimum Gasteiger partial charge on any atom is -0.491 e. The van der Waals surface area contributed by atoms with E-state index in [1.54, 1.807) is 0 Å². The number of aliphatic hydroxyl groups excluding tert-OH is 1. The highest BCUT2D eigenvalue weighted by Gasteiger charge is 2.70. The SMILES string of the molecule is C=C(C)OC1C[C@@]2(C)[C@@H](C[C@@H](O)[C@H]3[C@@]4(C)CC[C@@H](C)[C@H](C)[C@@H]4CC[C@@]32C)/C1=C(/CCC(=C(C)C)c1ccc(Cl)cc1)C(=O)O. The number of fused-ring (bicyclic) bond motifs is 5. The van der Waals surface area contributed by atoms with Crippen LogP contribution in [0, 0.1) is 45.8 Å². The quantitative estimate of drug-likeness (QED) is 0.234. The number of rotatable bonds is 7. The molecule has 44 heavy (non-hydrogen) atoms. The van der Waals surface area contributed by atoms with Crippen LogP contribution < -0.4 is 0 Å². The first-order valence-electron chi connectivity index (χ1n) is 16.9. The lowest BCUT2D eigenvalue weighted by Gasteiger charge is -2.69. The van der Waals surface area contributed by atoms with Crippen LogP contribution in [0.5, 0.6) is 0 Å². The molecule has 1 aromatic carbocycles. The molecule has 4 saturated carbocycles. The lowest BCUT2D eigenvalue weighted by molar-refractivity contribution is -0.229. The van der Waals surface area contributed by atoms with Crippen molar-refractivity contribution >= 4 is 23.1 Å². The Hall–Kier alpha value is -2.04. The van der Waals surface area contributed by atoms with E-state index in [-0.39, 0.29) is 34.2 Å². The van der Waals surface area contributed by atoms with Crippen molar-refractivity contribution in [3.8, 4) is 0 Å². The summed E-state index contributed by atoms with van der Waals surface area (Å²) in [6, 6.07) is 7.80. The Labute approximate surface area is 271 Å². The molecule has 1 aromatic rings. The van der Waals surface area contributed by atoms with Gasteiger partial charge < -0.3 is 14.9 Å². The highest BCUT2D eigenvalue weighted by atomic mass is 35.5. The zero-order valence-electron chi connectivity index (χ0n) is 28.3. The fourth-order valence-corrected chi connectivity index (χ4v) is 11.2. The fourth-order valence-electron chi connectivity index (χ4n) is 11.1. The van der Waals surface area contributed by atoms with Crippen LogP contribution in [0.15, 0.2) is 53.3 Å². The third kappa shape index (κ3) is 5.30. The molecule has 0 saturated heterocycles. The van der Waals surface area contributed by atoms with Crippen molar-refractivity contribution in [2.45, 2.75) is 119 Å². The maximum Gasteiger partial charge on any atom is 0.331 e. The van der Waals surface area contributed by atoms with E-state index >= 15 is 0 Å². The number of ether oxygens (including phenoxy) is 1. The van der Waals surface area contributed by atoms with E-state index in [0.29, 0.717) is 53.4 Å². The van der Waals surface area contributed by atoms with Gasteiger partial charge in [-0.2, -0.15) is 0 Å². The second kappa shape index (κ2) is 12.0. The number of aliphatic carboxylic acids is 1. The topological polar surface area (TPSA) is 66.8 Å². The van der Waals surface area contributed by atoms with Crippen LogP contribution in [-0.4, -0.2) is 28.4 Å². The van der Waals surface area contributed by atoms with Gasteiger partial charge in [0.1, 0.15) is 6.10 Å². The molecular weight excluding hydrogens is 568 g/mol. The van der Waals surface area contributed by atoms with Gasteiger partial charge in [-0.1, -0.05) is 70.5 Å². The lowest BCUT2D eigenvalue weighted by atomic mass is 9.36. The fraction of sp³-hybridized carbons (Fsp3) is 0.667. The third-order valence-corrected chi connectivity index (χ3v) is 13.8. The van der Waals surface area contributed by atoms with E-state index < -0.39 is 12.1 Å². The molecule has 4 nitrogen and oxygen atoms in total. The predicted octanol–water partition coefficient (Wildman–Crippen LogP) is 10.1. The summed E-state index contributed by atoms with van der Waals surface area (Å²) >= 11 is 6.18. The zero-order valence-corrected chi connectivity index (χ0v) is 29.1. The van der Waals surface area contributed by atoms with Crippen LogP contribution in [-0.2, 0) is 9.53 Å². The van der Waals surface area contributed by atoms with E-state index in [9.17, 15) is 15.0 Å². The molecule has 2 N–H and O–H groups in total. The number of carboxylic acids is 1. The first-order valence-corrected chi connectivity index (χ1v) is 17.3. The van der Waals surface area contributed by atoms with E-state index in [1.165, 1.54) is 12.8 Å². The van der Waals surface area contributed by atoms with Crippen LogP contribution in [0.2, 0.25) is 5.02 Å². The molecule has 10 atom stereocenters. The van der Waals surface area contributed by atoms with Crippen molar-refractivity contribution < 1.29 is 19.7 Å². The van der Waals surface area contributed by atoms with Gasteiger partial charge >= 0.3 is 5.97 Å². The van der Waals surface area contributed by atoms with Gasteiger partial charge in [-0.05, 0) is 147 Å². The molecule has 1 unspecified atom stereocenters. The average molecular weight is 623 g/mol. The summed E-state index contributed by atoms with van der Waals surface area (Å²) in [5, 5.41) is 23.7. The molecule has 5 rings (SSSR count). The Balaban J connectivity index is 1.57. The van der Waals surface area contributed by atoms with E-state index in [4.69, 9.17) is 16.3 Å². The second-order valence-corrected chi connectivity index (χ2v) is 16.4. The number of hydrogen-bond donors (Lipinski definition) is 2. The molecule has 0 aromatic heterocycles. The number of halogens is 1. The minimum atomic E-state index is -0.878. The average Bonchev–Trinajstić information content (AvgIpc) is 3.20. The van der Waals surface area contributed by atoms with E-state index in [0.717, 1.165) is 41.5 Å². The molecule has 4 aliphatic rings. The number of benzene rings is 1. The number of carboxylic acid groups (broad SMARTS) is 1. The maximum absolute atomic E-state index is 13.2. The van der Waals surface area contributed by atoms with Crippen molar-refractivity contribution in [2.24, 2.45) is 45.8 Å². The molecule has 5 heteroatoms. The summed E-state index contributed by atoms with van der Waals surface area (Å²) in [6.07, 6.45) is 6.15.